The van der Waals surface area contributed by atoms with Crippen LogP contribution in [0.1, 0.15) is 33.6 Å². The van der Waals surface area contributed by atoms with E-state index in [4.69, 9.17) is 16.3 Å². The van der Waals surface area contributed by atoms with E-state index < -0.39 is 6.10 Å². The Labute approximate surface area is 113 Å². The summed E-state index contributed by atoms with van der Waals surface area (Å²) >= 11 is 5.88. The second-order valence-corrected chi connectivity index (χ2v) is 4.73. The standard InChI is InChI=1S/C14H20ClNO2/c1-4-10(3)16-14(17)13(5-2)18-12-8-6-7-11(15)9-12/h6-10,13H,4-5H2,1-3H3,(H,16,17)/t10-,13-/m0/s1. The van der Waals surface area contributed by atoms with Crippen molar-refractivity contribution in [3.63, 3.8) is 0 Å². The summed E-state index contributed by atoms with van der Waals surface area (Å²) in [5.41, 5.74) is 0. The molecule has 0 spiro atoms. The van der Waals surface area contributed by atoms with Gasteiger partial charge in [0.2, 0.25) is 0 Å². The SMILES string of the molecule is CC[C@H](Oc1cccc(Cl)c1)C(=O)N[C@@H](C)CC. The largest absolute Gasteiger partial charge is 0.481 e. The average molecular weight is 270 g/mol. The van der Waals surface area contributed by atoms with E-state index in [1.807, 2.05) is 20.8 Å². The third-order valence-electron chi connectivity index (χ3n) is 2.74. The number of carbonyl (C=O) groups is 1. The Kier molecular flexibility index (Phi) is 5.99. The summed E-state index contributed by atoms with van der Waals surface area (Å²) < 4.78 is 5.66. The van der Waals surface area contributed by atoms with Crippen molar-refractivity contribution >= 4 is 17.5 Å². The van der Waals surface area contributed by atoms with Crippen LogP contribution in [0.15, 0.2) is 24.3 Å². The Balaban J connectivity index is 2.64. The summed E-state index contributed by atoms with van der Waals surface area (Å²) in [6, 6.07) is 7.24. The minimum atomic E-state index is -0.475. The monoisotopic (exact) mass is 269 g/mol. The number of ether oxygens (including phenoxy) is 1. The van der Waals surface area contributed by atoms with Gasteiger partial charge in [0, 0.05) is 11.1 Å². The third-order valence-corrected chi connectivity index (χ3v) is 2.97. The van der Waals surface area contributed by atoms with Crippen molar-refractivity contribution in [3.05, 3.63) is 29.3 Å². The van der Waals surface area contributed by atoms with Gasteiger partial charge >= 0.3 is 0 Å². The number of rotatable bonds is 6. The molecule has 0 saturated carbocycles. The maximum atomic E-state index is 12.0. The first kappa shape index (κ1) is 14.8. The molecule has 0 heterocycles. The molecule has 3 nitrogen and oxygen atoms in total. The zero-order chi connectivity index (χ0) is 13.5. The molecule has 1 aromatic carbocycles. The van der Waals surface area contributed by atoms with Gasteiger partial charge in [-0.05, 0) is 38.0 Å². The molecule has 18 heavy (non-hydrogen) atoms. The van der Waals surface area contributed by atoms with E-state index in [9.17, 15) is 4.79 Å². The van der Waals surface area contributed by atoms with E-state index in [1.54, 1.807) is 24.3 Å². The summed E-state index contributed by atoms with van der Waals surface area (Å²) in [5.74, 6) is 0.542. The fourth-order valence-corrected chi connectivity index (χ4v) is 1.64. The first-order valence-electron chi connectivity index (χ1n) is 6.29. The fraction of sp³-hybridized carbons (Fsp3) is 0.500. The Morgan fingerprint density at radius 2 is 2.11 bits per heavy atom. The summed E-state index contributed by atoms with van der Waals surface area (Å²) in [7, 11) is 0. The average Bonchev–Trinajstić information content (AvgIpc) is 2.35. The van der Waals surface area contributed by atoms with Gasteiger partial charge in [0.15, 0.2) is 6.10 Å². The van der Waals surface area contributed by atoms with E-state index in [0.29, 0.717) is 17.2 Å². The molecule has 0 aromatic heterocycles. The van der Waals surface area contributed by atoms with E-state index in [1.165, 1.54) is 0 Å². The van der Waals surface area contributed by atoms with Crippen LogP contribution < -0.4 is 10.1 Å². The molecule has 0 aliphatic heterocycles. The van der Waals surface area contributed by atoms with E-state index in [0.717, 1.165) is 6.42 Å². The highest BCUT2D eigenvalue weighted by Crippen LogP contribution is 2.19. The molecule has 100 valence electrons. The van der Waals surface area contributed by atoms with Gasteiger partial charge in [0.05, 0.1) is 0 Å². The topological polar surface area (TPSA) is 38.3 Å². The lowest BCUT2D eigenvalue weighted by Crippen LogP contribution is -2.42. The predicted octanol–water partition coefficient (Wildman–Crippen LogP) is 3.41. The predicted molar refractivity (Wildman–Crippen MR) is 74.1 cm³/mol. The summed E-state index contributed by atoms with van der Waals surface area (Å²) in [5, 5.41) is 3.52. The van der Waals surface area contributed by atoms with Crippen LogP contribution in [0.25, 0.3) is 0 Å². The van der Waals surface area contributed by atoms with Crippen LogP contribution in [0.2, 0.25) is 5.02 Å². The van der Waals surface area contributed by atoms with Crippen LogP contribution in [-0.4, -0.2) is 18.1 Å². The van der Waals surface area contributed by atoms with Crippen LogP contribution in [-0.2, 0) is 4.79 Å². The maximum absolute atomic E-state index is 12.0. The van der Waals surface area contributed by atoms with Crippen LogP contribution in [0.5, 0.6) is 5.75 Å². The first-order valence-corrected chi connectivity index (χ1v) is 6.67. The smallest absolute Gasteiger partial charge is 0.261 e. The van der Waals surface area contributed by atoms with Crippen molar-refractivity contribution in [2.45, 2.75) is 45.8 Å². The summed E-state index contributed by atoms with van der Waals surface area (Å²) in [6.07, 6.45) is 1.05. The Hall–Kier alpha value is -1.22. The van der Waals surface area contributed by atoms with Crippen molar-refractivity contribution in [1.82, 2.24) is 5.32 Å². The number of carbonyl (C=O) groups excluding carboxylic acids is 1. The Bertz CT molecular complexity index is 395. The van der Waals surface area contributed by atoms with E-state index in [2.05, 4.69) is 5.32 Å². The molecule has 0 bridgehead atoms. The molecule has 2 atom stereocenters. The normalized spacial score (nSPS) is 13.8. The van der Waals surface area contributed by atoms with Crippen LogP contribution in [0, 0.1) is 0 Å². The van der Waals surface area contributed by atoms with Gasteiger partial charge in [0.25, 0.3) is 5.91 Å². The van der Waals surface area contributed by atoms with Gasteiger partial charge in [-0.2, -0.15) is 0 Å². The van der Waals surface area contributed by atoms with E-state index >= 15 is 0 Å². The van der Waals surface area contributed by atoms with Crippen molar-refractivity contribution in [1.29, 1.82) is 0 Å². The van der Waals surface area contributed by atoms with Crippen molar-refractivity contribution in [3.8, 4) is 5.75 Å². The Morgan fingerprint density at radius 3 is 2.67 bits per heavy atom. The zero-order valence-electron chi connectivity index (χ0n) is 11.1. The quantitative estimate of drug-likeness (QED) is 0.859. The van der Waals surface area contributed by atoms with Crippen molar-refractivity contribution in [2.24, 2.45) is 0 Å². The first-order chi connectivity index (χ1) is 8.56. The lowest BCUT2D eigenvalue weighted by atomic mass is 10.2. The highest BCUT2D eigenvalue weighted by molar-refractivity contribution is 6.30. The van der Waals surface area contributed by atoms with Gasteiger partial charge in [0.1, 0.15) is 5.75 Å². The molecular weight excluding hydrogens is 250 g/mol. The van der Waals surface area contributed by atoms with Crippen LogP contribution in [0.3, 0.4) is 0 Å². The second-order valence-electron chi connectivity index (χ2n) is 4.29. The van der Waals surface area contributed by atoms with Gasteiger partial charge in [-0.25, -0.2) is 0 Å². The number of amides is 1. The van der Waals surface area contributed by atoms with E-state index in [-0.39, 0.29) is 11.9 Å². The highest BCUT2D eigenvalue weighted by atomic mass is 35.5. The third kappa shape index (κ3) is 4.57. The highest BCUT2D eigenvalue weighted by Gasteiger charge is 2.19. The van der Waals surface area contributed by atoms with Crippen molar-refractivity contribution in [2.75, 3.05) is 0 Å². The summed E-state index contributed by atoms with van der Waals surface area (Å²) in [4.78, 5) is 12.0. The minimum absolute atomic E-state index is 0.0770. The van der Waals surface area contributed by atoms with Gasteiger partial charge in [-0.1, -0.05) is 31.5 Å². The molecule has 0 saturated heterocycles. The van der Waals surface area contributed by atoms with Gasteiger partial charge in [-0.3, -0.25) is 4.79 Å². The lowest BCUT2D eigenvalue weighted by molar-refractivity contribution is -0.128. The lowest BCUT2D eigenvalue weighted by Gasteiger charge is -2.19. The molecule has 0 radical (unpaired) electrons. The molecule has 0 unspecified atom stereocenters. The van der Waals surface area contributed by atoms with Gasteiger partial charge in [-0.15, -0.1) is 0 Å². The number of halogens is 1. The molecule has 1 amide bonds. The second kappa shape index (κ2) is 7.27. The number of benzene rings is 1. The molecule has 4 heteroatoms. The minimum Gasteiger partial charge on any atom is -0.481 e. The maximum Gasteiger partial charge on any atom is 0.261 e. The van der Waals surface area contributed by atoms with Crippen LogP contribution in [0.4, 0.5) is 0 Å². The molecule has 0 aliphatic carbocycles. The molecule has 1 N–H and O–H groups in total. The fourth-order valence-electron chi connectivity index (χ4n) is 1.46. The molecule has 0 fully saturated rings. The molecule has 1 rings (SSSR count). The van der Waals surface area contributed by atoms with Gasteiger partial charge < -0.3 is 10.1 Å². The number of hydrogen-bond donors (Lipinski definition) is 1. The molecule has 0 aliphatic rings. The Morgan fingerprint density at radius 1 is 1.39 bits per heavy atom. The zero-order valence-corrected chi connectivity index (χ0v) is 11.8. The van der Waals surface area contributed by atoms with Crippen LogP contribution >= 0.6 is 11.6 Å². The number of hydrogen-bond acceptors (Lipinski definition) is 2. The molecule has 1 aromatic rings. The summed E-state index contributed by atoms with van der Waals surface area (Å²) in [6.45, 7) is 5.93. The molecular formula is C14H20ClNO2. The van der Waals surface area contributed by atoms with Crippen molar-refractivity contribution < 1.29 is 9.53 Å². The number of nitrogens with one attached hydrogen (secondary N) is 1.